The van der Waals surface area contributed by atoms with Crippen LogP contribution in [0.25, 0.3) is 0 Å². The standard InChI is InChI=1S/C33H34BrN3O6/c1-2-42-23-15-13-22(14-16-23)36-30(39)26-27-32(41)37(25(19-38)21-11-7-4-8-12-21)29(33(27)17-24(34)28(26)43-33)31(40)35-18-20-9-5-3-6-10-20/h3-16,24-29,38H,2,17-19H2,1H3,(H,35,40)(H,36,39)/t24?,25-,26-,27+,28-,29?,33?/m1/s1. The Morgan fingerprint density at radius 2 is 1.72 bits per heavy atom. The third-order valence-corrected chi connectivity index (χ3v) is 9.56. The van der Waals surface area contributed by atoms with Crippen LogP contribution in [-0.4, -0.2) is 63.5 Å². The van der Waals surface area contributed by atoms with Gasteiger partial charge in [-0.25, -0.2) is 0 Å². The molecule has 2 bridgehead atoms. The maximum atomic E-state index is 14.5. The van der Waals surface area contributed by atoms with Crippen LogP contribution in [0.15, 0.2) is 84.9 Å². The largest absolute Gasteiger partial charge is 0.494 e. The molecule has 0 radical (unpaired) electrons. The van der Waals surface area contributed by atoms with Crippen LogP contribution in [0.1, 0.15) is 30.5 Å². The molecule has 43 heavy (non-hydrogen) atoms. The molecule has 3 amide bonds. The van der Waals surface area contributed by atoms with Gasteiger partial charge in [-0.1, -0.05) is 76.6 Å². The van der Waals surface area contributed by atoms with Crippen molar-refractivity contribution in [1.82, 2.24) is 10.2 Å². The summed E-state index contributed by atoms with van der Waals surface area (Å²) < 4.78 is 12.1. The van der Waals surface area contributed by atoms with E-state index >= 15 is 0 Å². The zero-order chi connectivity index (χ0) is 30.1. The van der Waals surface area contributed by atoms with Crippen LogP contribution in [0.2, 0.25) is 0 Å². The number of likely N-dealkylation sites (tertiary alicyclic amines) is 1. The van der Waals surface area contributed by atoms with Crippen molar-refractivity contribution in [2.24, 2.45) is 11.8 Å². The van der Waals surface area contributed by atoms with Gasteiger partial charge >= 0.3 is 0 Å². The number of rotatable bonds is 10. The molecule has 0 saturated carbocycles. The lowest BCUT2D eigenvalue weighted by atomic mass is 9.70. The average molecular weight is 649 g/mol. The van der Waals surface area contributed by atoms with Crippen molar-refractivity contribution in [3.63, 3.8) is 0 Å². The number of benzene rings is 3. The van der Waals surface area contributed by atoms with Crippen LogP contribution < -0.4 is 15.4 Å². The number of aliphatic hydroxyl groups is 1. The van der Waals surface area contributed by atoms with Crippen LogP contribution in [0.5, 0.6) is 5.75 Å². The molecule has 7 atom stereocenters. The fraction of sp³-hybridized carbons (Fsp3) is 0.364. The first kappa shape index (κ1) is 29.3. The third-order valence-electron chi connectivity index (χ3n) is 8.71. The van der Waals surface area contributed by atoms with Crippen LogP contribution in [0.3, 0.4) is 0 Å². The summed E-state index contributed by atoms with van der Waals surface area (Å²) in [5, 5.41) is 16.6. The van der Waals surface area contributed by atoms with Crippen molar-refractivity contribution in [3.05, 3.63) is 96.1 Å². The van der Waals surface area contributed by atoms with E-state index in [1.165, 1.54) is 4.90 Å². The summed E-state index contributed by atoms with van der Waals surface area (Å²) >= 11 is 3.71. The average Bonchev–Trinajstić information content (AvgIpc) is 3.62. The van der Waals surface area contributed by atoms with Crippen LogP contribution >= 0.6 is 15.9 Å². The lowest BCUT2D eigenvalue weighted by molar-refractivity contribution is -0.145. The Bertz CT molecular complexity index is 1470. The number of alkyl halides is 1. The van der Waals surface area contributed by atoms with Gasteiger partial charge in [0.2, 0.25) is 17.7 Å². The number of aliphatic hydroxyl groups excluding tert-OH is 1. The SMILES string of the molecule is CCOc1ccc(NC(=O)[C@H]2[C@@H]3OC4(CC3Br)C(C(=O)NCc3ccccc3)N([C@H](CO)c3ccccc3)C(=O)[C@H]24)cc1. The number of halogens is 1. The molecular formula is C33H34BrN3O6. The lowest BCUT2D eigenvalue weighted by Gasteiger charge is -2.37. The van der Waals surface area contributed by atoms with Crippen molar-refractivity contribution in [2.45, 2.75) is 48.5 Å². The van der Waals surface area contributed by atoms with E-state index in [-0.39, 0.29) is 29.1 Å². The molecule has 3 aliphatic rings. The first-order chi connectivity index (χ1) is 20.9. The summed E-state index contributed by atoms with van der Waals surface area (Å²) in [5.41, 5.74) is 0.911. The number of nitrogens with one attached hydrogen (secondary N) is 2. The molecule has 3 aromatic carbocycles. The Hall–Kier alpha value is -3.73. The monoisotopic (exact) mass is 647 g/mol. The molecule has 0 aliphatic carbocycles. The number of carbonyl (C=O) groups excluding carboxylic acids is 3. The third kappa shape index (κ3) is 5.21. The summed E-state index contributed by atoms with van der Waals surface area (Å²) in [6.45, 7) is 2.29. The van der Waals surface area contributed by atoms with Gasteiger partial charge < -0.3 is 30.1 Å². The summed E-state index contributed by atoms with van der Waals surface area (Å²) in [4.78, 5) is 43.7. The molecule has 3 heterocycles. The molecule has 3 N–H and O–H groups in total. The van der Waals surface area contributed by atoms with Gasteiger partial charge in [-0.05, 0) is 48.7 Å². The number of hydrogen-bond acceptors (Lipinski definition) is 6. The highest BCUT2D eigenvalue weighted by molar-refractivity contribution is 9.09. The fourth-order valence-corrected chi connectivity index (χ4v) is 7.88. The molecule has 3 unspecified atom stereocenters. The van der Waals surface area contributed by atoms with Gasteiger partial charge in [-0.15, -0.1) is 0 Å². The smallest absolute Gasteiger partial charge is 0.246 e. The molecule has 224 valence electrons. The number of carbonyl (C=O) groups is 3. The van der Waals surface area contributed by atoms with Crippen molar-refractivity contribution in [2.75, 3.05) is 18.5 Å². The Kier molecular flexibility index (Phi) is 8.26. The van der Waals surface area contributed by atoms with Crippen LogP contribution in [-0.2, 0) is 25.7 Å². The second-order valence-corrected chi connectivity index (χ2v) is 12.3. The van der Waals surface area contributed by atoms with Crippen LogP contribution in [0, 0.1) is 11.8 Å². The highest BCUT2D eigenvalue weighted by Crippen LogP contribution is 2.61. The van der Waals surface area contributed by atoms with E-state index in [9.17, 15) is 19.5 Å². The molecule has 3 fully saturated rings. The minimum Gasteiger partial charge on any atom is -0.494 e. The molecule has 3 aromatic rings. The van der Waals surface area contributed by atoms with Gasteiger partial charge in [0.25, 0.3) is 0 Å². The van der Waals surface area contributed by atoms with Gasteiger partial charge in [0, 0.05) is 17.1 Å². The fourth-order valence-electron chi connectivity index (χ4n) is 6.94. The second kappa shape index (κ2) is 12.1. The quantitative estimate of drug-likeness (QED) is 0.288. The number of anilines is 1. The van der Waals surface area contributed by atoms with Gasteiger partial charge in [0.15, 0.2) is 0 Å². The summed E-state index contributed by atoms with van der Waals surface area (Å²) in [7, 11) is 0. The van der Waals surface area contributed by atoms with Crippen molar-refractivity contribution in [3.8, 4) is 5.75 Å². The first-order valence-electron chi connectivity index (χ1n) is 14.5. The number of nitrogens with zero attached hydrogens (tertiary/aromatic N) is 1. The Labute approximate surface area is 258 Å². The molecule has 10 heteroatoms. The van der Waals surface area contributed by atoms with Crippen LogP contribution in [0.4, 0.5) is 5.69 Å². The highest BCUT2D eigenvalue weighted by Gasteiger charge is 2.77. The zero-order valence-corrected chi connectivity index (χ0v) is 25.3. The van der Waals surface area contributed by atoms with E-state index in [1.807, 2.05) is 67.6 Å². The first-order valence-corrected chi connectivity index (χ1v) is 15.4. The molecule has 3 aliphatic heterocycles. The van der Waals surface area contributed by atoms with Gasteiger partial charge in [0.05, 0.1) is 37.2 Å². The Balaban J connectivity index is 1.35. The predicted molar refractivity (Wildman–Crippen MR) is 163 cm³/mol. The van der Waals surface area contributed by atoms with Gasteiger partial charge in [0.1, 0.15) is 17.4 Å². The molecule has 9 nitrogen and oxygen atoms in total. The molecule has 3 saturated heterocycles. The highest BCUT2D eigenvalue weighted by atomic mass is 79.9. The molecular weight excluding hydrogens is 614 g/mol. The summed E-state index contributed by atoms with van der Waals surface area (Å²) in [6, 6.07) is 23.8. The number of ether oxygens (including phenoxy) is 2. The zero-order valence-electron chi connectivity index (χ0n) is 23.7. The van der Waals surface area contributed by atoms with Crippen molar-refractivity contribution < 1.29 is 29.0 Å². The second-order valence-electron chi connectivity index (χ2n) is 11.2. The molecule has 0 aromatic heterocycles. The van der Waals surface area contributed by atoms with Crippen molar-refractivity contribution in [1.29, 1.82) is 0 Å². The maximum Gasteiger partial charge on any atom is 0.246 e. The normalized spacial score (nSPS) is 27.9. The van der Waals surface area contributed by atoms with E-state index in [0.29, 0.717) is 30.0 Å². The topological polar surface area (TPSA) is 117 Å². The van der Waals surface area contributed by atoms with E-state index in [4.69, 9.17) is 9.47 Å². The minimum atomic E-state index is -1.25. The Morgan fingerprint density at radius 1 is 1.05 bits per heavy atom. The Morgan fingerprint density at radius 3 is 2.37 bits per heavy atom. The maximum absolute atomic E-state index is 14.5. The molecule has 6 rings (SSSR count). The van der Waals surface area contributed by atoms with Gasteiger partial charge in [-0.3, -0.25) is 14.4 Å². The van der Waals surface area contributed by atoms with Gasteiger partial charge in [-0.2, -0.15) is 0 Å². The number of fused-ring (bicyclic) bond motifs is 1. The van der Waals surface area contributed by atoms with E-state index in [0.717, 1.165) is 5.56 Å². The number of amides is 3. The summed E-state index contributed by atoms with van der Waals surface area (Å²) in [5.74, 6) is -2.19. The van der Waals surface area contributed by atoms with Crippen molar-refractivity contribution >= 4 is 39.3 Å². The van der Waals surface area contributed by atoms with E-state index < -0.39 is 42.2 Å². The summed E-state index contributed by atoms with van der Waals surface area (Å²) in [6.07, 6.45) is -0.235. The lowest BCUT2D eigenvalue weighted by Crippen LogP contribution is -2.56. The minimum absolute atomic E-state index is 0.249. The predicted octanol–water partition coefficient (Wildman–Crippen LogP) is 3.82. The van der Waals surface area contributed by atoms with E-state index in [1.54, 1.807) is 24.3 Å². The van der Waals surface area contributed by atoms with E-state index in [2.05, 4.69) is 26.6 Å². The molecule has 1 spiro atoms. The number of hydrogen-bond donors (Lipinski definition) is 3.